The first-order valence-electron chi connectivity index (χ1n) is 4.43. The molecular weight excluding hydrogens is 138 g/mol. The van der Waals surface area contributed by atoms with Gasteiger partial charge in [-0.2, -0.15) is 0 Å². The van der Waals surface area contributed by atoms with Crippen molar-refractivity contribution in [3.05, 3.63) is 0 Å². The molecule has 0 aromatic rings. The molecule has 11 heavy (non-hydrogen) atoms. The molecule has 0 saturated carbocycles. The van der Waals surface area contributed by atoms with E-state index in [-0.39, 0.29) is 5.91 Å². The van der Waals surface area contributed by atoms with E-state index in [1.54, 1.807) is 0 Å². The molecule has 0 atom stereocenters. The summed E-state index contributed by atoms with van der Waals surface area (Å²) in [6.45, 7) is 12.4. The van der Waals surface area contributed by atoms with Crippen molar-refractivity contribution in [1.29, 1.82) is 0 Å². The molecule has 1 amide bonds. The van der Waals surface area contributed by atoms with Gasteiger partial charge < -0.3 is 5.32 Å². The lowest BCUT2D eigenvalue weighted by Crippen LogP contribution is -2.18. The van der Waals surface area contributed by atoms with Crippen LogP contribution in [0.3, 0.4) is 0 Å². The van der Waals surface area contributed by atoms with Gasteiger partial charge in [-0.05, 0) is 6.92 Å². The number of hydrogen-bond donors (Lipinski definition) is 1. The summed E-state index contributed by atoms with van der Waals surface area (Å²) >= 11 is 0. The zero-order valence-electron chi connectivity index (χ0n) is 8.82. The van der Waals surface area contributed by atoms with Crippen LogP contribution >= 0.6 is 0 Å². The van der Waals surface area contributed by atoms with E-state index in [1.807, 2.05) is 20.8 Å². The van der Waals surface area contributed by atoms with Crippen LogP contribution in [0.5, 0.6) is 0 Å². The Morgan fingerprint density at radius 2 is 1.45 bits per heavy atom. The van der Waals surface area contributed by atoms with Gasteiger partial charge in [-0.3, -0.25) is 4.79 Å². The second-order valence-electron chi connectivity index (χ2n) is 1.79. The molecule has 0 bridgehead atoms. The lowest BCUT2D eigenvalue weighted by atomic mass is 10.6. The third kappa shape index (κ3) is 86.6. The fourth-order valence-electron chi connectivity index (χ4n) is 0.249. The maximum Gasteiger partial charge on any atom is 0.216 e. The fourth-order valence-corrected chi connectivity index (χ4v) is 0.249. The van der Waals surface area contributed by atoms with Crippen molar-refractivity contribution in [2.45, 2.75) is 48.0 Å². The van der Waals surface area contributed by atoms with Crippen LogP contribution in [0.1, 0.15) is 48.0 Å². The van der Waals surface area contributed by atoms with Gasteiger partial charge in [0, 0.05) is 13.5 Å². The van der Waals surface area contributed by atoms with Gasteiger partial charge >= 0.3 is 0 Å². The van der Waals surface area contributed by atoms with E-state index >= 15 is 0 Å². The first kappa shape index (κ1) is 16.8. The van der Waals surface area contributed by atoms with Crippen LogP contribution in [0.15, 0.2) is 0 Å². The summed E-state index contributed by atoms with van der Waals surface area (Å²) in [5.74, 6) is 0.0394. The van der Waals surface area contributed by atoms with E-state index in [2.05, 4.69) is 19.2 Å². The Hall–Kier alpha value is -0.530. The van der Waals surface area contributed by atoms with Gasteiger partial charge in [0.15, 0.2) is 0 Å². The molecule has 70 valence electrons. The normalized spacial score (nSPS) is 6.36. The van der Waals surface area contributed by atoms with Crippen LogP contribution in [-0.4, -0.2) is 12.5 Å². The van der Waals surface area contributed by atoms with Crippen LogP contribution in [0.25, 0.3) is 0 Å². The molecule has 0 aliphatic carbocycles. The van der Waals surface area contributed by atoms with Crippen molar-refractivity contribution in [1.82, 2.24) is 5.32 Å². The maximum absolute atomic E-state index is 9.93. The van der Waals surface area contributed by atoms with Gasteiger partial charge in [0.05, 0.1) is 0 Å². The van der Waals surface area contributed by atoms with Crippen molar-refractivity contribution in [3.8, 4) is 0 Å². The molecule has 0 aromatic carbocycles. The summed E-state index contributed by atoms with van der Waals surface area (Å²) < 4.78 is 0. The first-order valence-corrected chi connectivity index (χ1v) is 4.43. The van der Waals surface area contributed by atoms with Gasteiger partial charge in [0.2, 0.25) is 5.91 Å². The highest BCUT2D eigenvalue weighted by molar-refractivity contribution is 5.72. The molecule has 2 heteroatoms. The third-order valence-electron chi connectivity index (χ3n) is 0.426. The standard InChI is InChI=1S/C4H9NO.C3H8.C2H6/c1-3-5-4(2)6;1-3-2;1-2/h3H2,1-2H3,(H,5,6);3H2,1-2H3;1-2H3. The van der Waals surface area contributed by atoms with Crippen molar-refractivity contribution >= 4 is 5.91 Å². The van der Waals surface area contributed by atoms with E-state index in [0.29, 0.717) is 0 Å². The highest BCUT2D eigenvalue weighted by Gasteiger charge is 1.78. The summed E-state index contributed by atoms with van der Waals surface area (Å²) in [7, 11) is 0. The molecule has 0 aliphatic rings. The summed E-state index contributed by atoms with van der Waals surface area (Å²) in [5.41, 5.74) is 0. The highest BCUT2D eigenvalue weighted by atomic mass is 16.1. The molecule has 0 fully saturated rings. The topological polar surface area (TPSA) is 29.1 Å². The Balaban J connectivity index is -0.000000109. The molecule has 0 spiro atoms. The average Bonchev–Trinajstić information content (AvgIpc) is 1.93. The van der Waals surface area contributed by atoms with Crippen LogP contribution in [0.4, 0.5) is 0 Å². The molecular formula is C9H23NO. The lowest BCUT2D eigenvalue weighted by molar-refractivity contribution is -0.118. The highest BCUT2D eigenvalue weighted by Crippen LogP contribution is 1.56. The number of carbonyl (C=O) groups excluding carboxylic acids is 1. The van der Waals surface area contributed by atoms with E-state index in [4.69, 9.17) is 0 Å². The molecule has 0 aromatic heterocycles. The van der Waals surface area contributed by atoms with Crippen LogP contribution in [-0.2, 0) is 4.79 Å². The lowest BCUT2D eigenvalue weighted by Gasteiger charge is -1.88. The van der Waals surface area contributed by atoms with E-state index in [1.165, 1.54) is 13.3 Å². The number of carbonyl (C=O) groups is 1. The van der Waals surface area contributed by atoms with Crippen LogP contribution in [0, 0.1) is 0 Å². The van der Waals surface area contributed by atoms with Gasteiger partial charge in [-0.1, -0.05) is 34.1 Å². The van der Waals surface area contributed by atoms with Gasteiger partial charge in [-0.25, -0.2) is 0 Å². The van der Waals surface area contributed by atoms with Gasteiger partial charge in [-0.15, -0.1) is 0 Å². The number of amides is 1. The van der Waals surface area contributed by atoms with E-state index in [0.717, 1.165) is 6.54 Å². The largest absolute Gasteiger partial charge is 0.357 e. The summed E-state index contributed by atoms with van der Waals surface area (Å²) in [4.78, 5) is 9.93. The smallest absolute Gasteiger partial charge is 0.216 e. The average molecular weight is 161 g/mol. The zero-order valence-corrected chi connectivity index (χ0v) is 8.82. The summed E-state index contributed by atoms with van der Waals surface area (Å²) in [6, 6.07) is 0. The zero-order chi connectivity index (χ0) is 9.70. The van der Waals surface area contributed by atoms with Crippen molar-refractivity contribution < 1.29 is 4.79 Å². The number of nitrogens with one attached hydrogen (secondary N) is 1. The number of rotatable bonds is 1. The molecule has 1 N–H and O–H groups in total. The Morgan fingerprint density at radius 1 is 1.18 bits per heavy atom. The first-order chi connectivity index (χ1) is 5.18. The molecule has 0 unspecified atom stereocenters. The van der Waals surface area contributed by atoms with Gasteiger partial charge in [0.1, 0.15) is 0 Å². The molecule has 0 rings (SSSR count). The Kier molecular flexibility index (Phi) is 34.7. The Labute approximate surface area is 71.4 Å². The molecule has 0 saturated heterocycles. The summed E-state index contributed by atoms with van der Waals surface area (Å²) in [6.07, 6.45) is 1.25. The Morgan fingerprint density at radius 3 is 1.45 bits per heavy atom. The minimum Gasteiger partial charge on any atom is -0.357 e. The quantitative estimate of drug-likeness (QED) is 0.629. The number of hydrogen-bond acceptors (Lipinski definition) is 1. The van der Waals surface area contributed by atoms with Crippen LogP contribution in [0.2, 0.25) is 0 Å². The summed E-state index contributed by atoms with van der Waals surface area (Å²) in [5, 5.41) is 2.57. The minimum atomic E-state index is 0.0394. The van der Waals surface area contributed by atoms with E-state index in [9.17, 15) is 4.79 Å². The fraction of sp³-hybridized carbons (Fsp3) is 0.889. The van der Waals surface area contributed by atoms with Crippen molar-refractivity contribution in [2.24, 2.45) is 0 Å². The predicted octanol–water partition coefficient (Wildman–Crippen LogP) is 2.58. The molecule has 0 aliphatic heterocycles. The van der Waals surface area contributed by atoms with E-state index < -0.39 is 0 Å². The minimum absolute atomic E-state index is 0.0394. The monoisotopic (exact) mass is 161 g/mol. The molecule has 0 heterocycles. The predicted molar refractivity (Wildman–Crippen MR) is 51.7 cm³/mol. The Bertz CT molecular complexity index is 62.6. The third-order valence-corrected chi connectivity index (χ3v) is 0.426. The van der Waals surface area contributed by atoms with Gasteiger partial charge in [0.25, 0.3) is 0 Å². The molecule has 0 radical (unpaired) electrons. The maximum atomic E-state index is 9.93. The second kappa shape index (κ2) is 22.7. The second-order valence-corrected chi connectivity index (χ2v) is 1.79. The SMILES string of the molecule is CC.CCC.CCNC(C)=O. The van der Waals surface area contributed by atoms with Crippen LogP contribution < -0.4 is 5.32 Å². The van der Waals surface area contributed by atoms with Crippen molar-refractivity contribution in [3.63, 3.8) is 0 Å². The van der Waals surface area contributed by atoms with Crippen molar-refractivity contribution in [2.75, 3.05) is 6.54 Å². The molecule has 2 nitrogen and oxygen atoms in total.